The van der Waals surface area contributed by atoms with Crippen molar-refractivity contribution in [2.45, 2.75) is 32.0 Å². The summed E-state index contributed by atoms with van der Waals surface area (Å²) in [5, 5.41) is 2.69. The number of rotatable bonds is 7. The third-order valence-electron chi connectivity index (χ3n) is 4.27. The van der Waals surface area contributed by atoms with E-state index in [0.717, 1.165) is 12.5 Å². The van der Waals surface area contributed by atoms with Crippen molar-refractivity contribution in [2.24, 2.45) is 5.73 Å². The Balaban J connectivity index is 0.000000233. The molecule has 10 heteroatoms. The fraction of sp³-hybridized carbons (Fsp3) is 0.381. The highest BCUT2D eigenvalue weighted by atomic mass is 19.2. The summed E-state index contributed by atoms with van der Waals surface area (Å²) in [6.07, 6.45) is 2.69. The van der Waals surface area contributed by atoms with E-state index in [-0.39, 0.29) is 30.1 Å². The smallest absolute Gasteiger partial charge is 0.267 e. The summed E-state index contributed by atoms with van der Waals surface area (Å²) in [7, 11) is 1.51. The van der Waals surface area contributed by atoms with Crippen LogP contribution in [0.1, 0.15) is 30.3 Å². The fourth-order valence-electron chi connectivity index (χ4n) is 2.69. The van der Waals surface area contributed by atoms with Crippen molar-refractivity contribution in [3.8, 4) is 5.75 Å². The van der Waals surface area contributed by atoms with Crippen molar-refractivity contribution in [3.63, 3.8) is 0 Å². The van der Waals surface area contributed by atoms with Gasteiger partial charge in [-0.1, -0.05) is 6.07 Å². The van der Waals surface area contributed by atoms with Gasteiger partial charge in [0.1, 0.15) is 18.4 Å². The van der Waals surface area contributed by atoms with Crippen LogP contribution in [-0.4, -0.2) is 49.3 Å². The van der Waals surface area contributed by atoms with Crippen molar-refractivity contribution < 1.29 is 32.6 Å². The minimum absolute atomic E-state index is 0.0861. The number of hydrogen-bond donors (Lipinski definition) is 2. The van der Waals surface area contributed by atoms with E-state index >= 15 is 0 Å². The Morgan fingerprint density at radius 2 is 2.03 bits per heavy atom. The second-order valence-corrected chi connectivity index (χ2v) is 6.69. The number of amides is 2. The second-order valence-electron chi connectivity index (χ2n) is 6.69. The lowest BCUT2D eigenvalue weighted by Gasteiger charge is -2.11. The monoisotopic (exact) mass is 437 g/mol. The number of aromatic nitrogens is 1. The number of anilines is 1. The zero-order valence-corrected chi connectivity index (χ0v) is 17.3. The molecule has 1 aliphatic heterocycles. The lowest BCUT2D eigenvalue weighted by Crippen LogP contribution is -2.28. The van der Waals surface area contributed by atoms with Crippen LogP contribution in [0.5, 0.6) is 5.75 Å². The van der Waals surface area contributed by atoms with Crippen LogP contribution in [0.25, 0.3) is 0 Å². The predicted molar refractivity (Wildman–Crippen MR) is 109 cm³/mol. The average Bonchev–Trinajstić information content (AvgIpc) is 3.18. The first-order valence-corrected chi connectivity index (χ1v) is 9.59. The van der Waals surface area contributed by atoms with Crippen molar-refractivity contribution in [1.29, 1.82) is 0 Å². The molecule has 3 N–H and O–H groups in total. The number of carbonyl (C=O) groups is 2. The number of nitrogens with zero attached hydrogens (tertiary/aromatic N) is 1. The standard InChI is InChI=1S/C12H15N3O3.C9H10F2O2/c1-7-2-3-10(18-7)12(17)15-8-4-5-14-9(6-8)11(13)16;1-12-5-6-13-8-4-2-3-7(10)9(8)11/h4-7,10H,2-3H2,1H3,(H2,13,16)(H,14,15,17);2-4H,5-6H2,1H3. The highest BCUT2D eigenvalue weighted by molar-refractivity contribution is 5.96. The number of methoxy groups -OCH3 is 1. The number of nitrogens with two attached hydrogens (primary N) is 1. The summed E-state index contributed by atoms with van der Waals surface area (Å²) in [4.78, 5) is 26.6. The minimum Gasteiger partial charge on any atom is -0.488 e. The number of nitrogens with one attached hydrogen (secondary N) is 1. The predicted octanol–water partition coefficient (Wildman–Crippen LogP) is 2.68. The lowest BCUT2D eigenvalue weighted by atomic mass is 10.2. The molecule has 3 rings (SSSR count). The van der Waals surface area contributed by atoms with Crippen LogP contribution in [0, 0.1) is 11.6 Å². The van der Waals surface area contributed by atoms with E-state index in [1.54, 1.807) is 6.07 Å². The normalized spacial score (nSPS) is 17.4. The second kappa shape index (κ2) is 11.9. The average molecular weight is 437 g/mol. The summed E-state index contributed by atoms with van der Waals surface area (Å²) >= 11 is 0. The maximum atomic E-state index is 12.9. The molecule has 0 radical (unpaired) electrons. The number of ether oxygens (including phenoxy) is 3. The molecule has 2 heterocycles. The van der Waals surface area contributed by atoms with Gasteiger partial charge in [-0.3, -0.25) is 14.6 Å². The van der Waals surface area contributed by atoms with E-state index in [2.05, 4.69) is 10.3 Å². The van der Waals surface area contributed by atoms with Gasteiger partial charge < -0.3 is 25.3 Å². The largest absolute Gasteiger partial charge is 0.488 e. The highest BCUT2D eigenvalue weighted by Crippen LogP contribution is 2.21. The topological polar surface area (TPSA) is 113 Å². The van der Waals surface area contributed by atoms with Gasteiger partial charge in [0.25, 0.3) is 11.8 Å². The van der Waals surface area contributed by atoms with Gasteiger partial charge in [0.15, 0.2) is 11.6 Å². The maximum absolute atomic E-state index is 12.9. The zero-order valence-electron chi connectivity index (χ0n) is 17.3. The molecule has 1 aromatic carbocycles. The molecule has 168 valence electrons. The Kier molecular flexibility index (Phi) is 9.29. The third-order valence-corrected chi connectivity index (χ3v) is 4.27. The molecule has 31 heavy (non-hydrogen) atoms. The molecule has 8 nitrogen and oxygen atoms in total. The molecular weight excluding hydrogens is 412 g/mol. The van der Waals surface area contributed by atoms with Crippen molar-refractivity contribution in [3.05, 3.63) is 53.9 Å². The summed E-state index contributed by atoms with van der Waals surface area (Å²) in [5.74, 6) is -2.79. The number of benzene rings is 1. The molecule has 0 spiro atoms. The van der Waals surface area contributed by atoms with Crippen LogP contribution < -0.4 is 15.8 Å². The number of primary amides is 1. The van der Waals surface area contributed by atoms with Crippen molar-refractivity contribution in [1.82, 2.24) is 4.98 Å². The Labute approximate surface area is 178 Å². The number of pyridine rings is 1. The lowest BCUT2D eigenvalue weighted by molar-refractivity contribution is -0.126. The Morgan fingerprint density at radius 1 is 1.26 bits per heavy atom. The molecule has 1 saturated heterocycles. The molecule has 2 unspecified atom stereocenters. The van der Waals surface area contributed by atoms with Crippen molar-refractivity contribution >= 4 is 17.5 Å². The molecule has 0 bridgehead atoms. The van der Waals surface area contributed by atoms with Gasteiger partial charge in [-0.2, -0.15) is 4.39 Å². The minimum atomic E-state index is -0.960. The molecule has 2 amide bonds. The Bertz CT molecular complexity index is 897. The summed E-state index contributed by atoms with van der Waals surface area (Å²) in [5.41, 5.74) is 5.73. The molecule has 2 aromatic rings. The quantitative estimate of drug-likeness (QED) is 0.644. The first kappa shape index (κ1) is 24.2. The van der Waals surface area contributed by atoms with Crippen LogP contribution in [0.15, 0.2) is 36.5 Å². The zero-order chi connectivity index (χ0) is 22.8. The highest BCUT2D eigenvalue weighted by Gasteiger charge is 2.28. The van der Waals surface area contributed by atoms with E-state index in [0.29, 0.717) is 18.7 Å². The molecule has 0 aliphatic carbocycles. The molecule has 1 aliphatic rings. The van der Waals surface area contributed by atoms with E-state index < -0.39 is 23.6 Å². The van der Waals surface area contributed by atoms with Gasteiger partial charge in [0.05, 0.1) is 12.7 Å². The van der Waals surface area contributed by atoms with Crippen LogP contribution in [0.3, 0.4) is 0 Å². The Hall–Kier alpha value is -3.11. The number of carbonyl (C=O) groups excluding carboxylic acids is 2. The fourth-order valence-corrected chi connectivity index (χ4v) is 2.69. The first-order chi connectivity index (χ1) is 14.8. The summed E-state index contributed by atoms with van der Waals surface area (Å²) in [6.45, 7) is 2.48. The molecular formula is C21H25F2N3O5. The van der Waals surface area contributed by atoms with E-state index in [1.807, 2.05) is 6.92 Å². The van der Waals surface area contributed by atoms with Gasteiger partial charge >= 0.3 is 0 Å². The molecule has 2 atom stereocenters. The van der Waals surface area contributed by atoms with Crippen LogP contribution >= 0.6 is 0 Å². The van der Waals surface area contributed by atoms with Crippen molar-refractivity contribution in [2.75, 3.05) is 25.6 Å². The van der Waals surface area contributed by atoms with Gasteiger partial charge in [0, 0.05) is 19.0 Å². The number of hydrogen-bond acceptors (Lipinski definition) is 6. The molecule has 1 aromatic heterocycles. The van der Waals surface area contributed by atoms with E-state index in [1.165, 1.54) is 31.5 Å². The summed E-state index contributed by atoms with van der Waals surface area (Å²) < 4.78 is 40.6. The van der Waals surface area contributed by atoms with Gasteiger partial charge in [-0.05, 0) is 44.0 Å². The number of halogens is 2. The van der Waals surface area contributed by atoms with Crippen LogP contribution in [0.4, 0.5) is 14.5 Å². The van der Waals surface area contributed by atoms with Gasteiger partial charge in [-0.25, -0.2) is 4.39 Å². The van der Waals surface area contributed by atoms with E-state index in [9.17, 15) is 18.4 Å². The van der Waals surface area contributed by atoms with Crippen LogP contribution in [-0.2, 0) is 14.3 Å². The van der Waals surface area contributed by atoms with Gasteiger partial charge in [0.2, 0.25) is 5.82 Å². The van der Waals surface area contributed by atoms with Gasteiger partial charge in [-0.15, -0.1) is 0 Å². The maximum Gasteiger partial charge on any atom is 0.267 e. The third kappa shape index (κ3) is 7.58. The summed E-state index contributed by atoms with van der Waals surface area (Å²) in [6, 6.07) is 6.84. The Morgan fingerprint density at radius 3 is 2.68 bits per heavy atom. The molecule has 0 saturated carbocycles. The first-order valence-electron chi connectivity index (χ1n) is 9.59. The van der Waals surface area contributed by atoms with E-state index in [4.69, 9.17) is 19.9 Å². The SMILES string of the molecule is CC1CCC(C(=O)Nc2ccnc(C(N)=O)c2)O1.COCCOc1cccc(F)c1F. The molecule has 1 fully saturated rings. The van der Waals surface area contributed by atoms with Crippen LogP contribution in [0.2, 0.25) is 0 Å².